The standard InChI is InChI=1S/C25H29FN6O3/c1-4-17(15-33)12-22(26)29-25-20(13-27-16-28-25)24(35)21-9-10-32(30-21)14-18-7-6-8-19(11-18)31(3)23(34)5-2/h5-11,13,16-17,22,33H,2,4,12,14-15H2,1,3H3,(H,27,28,29). The highest BCUT2D eigenvalue weighted by Gasteiger charge is 2.21. The Balaban J connectivity index is 1.74. The lowest BCUT2D eigenvalue weighted by Gasteiger charge is -2.17. The van der Waals surface area contributed by atoms with E-state index in [0.717, 1.165) is 5.56 Å². The van der Waals surface area contributed by atoms with Crippen LogP contribution in [0.2, 0.25) is 0 Å². The van der Waals surface area contributed by atoms with Crippen molar-refractivity contribution in [2.24, 2.45) is 5.92 Å². The smallest absolute Gasteiger partial charge is 0.250 e. The average molecular weight is 481 g/mol. The lowest BCUT2D eigenvalue weighted by Crippen LogP contribution is -2.23. The molecule has 2 heterocycles. The number of carbonyl (C=O) groups is 2. The van der Waals surface area contributed by atoms with E-state index in [1.165, 1.54) is 23.5 Å². The van der Waals surface area contributed by atoms with Crippen molar-refractivity contribution in [2.45, 2.75) is 32.6 Å². The molecule has 0 saturated carbocycles. The fourth-order valence-electron chi connectivity index (χ4n) is 3.50. The molecular weight excluding hydrogens is 451 g/mol. The van der Waals surface area contributed by atoms with Crippen LogP contribution in [0, 0.1) is 5.92 Å². The Morgan fingerprint density at radius 1 is 1.34 bits per heavy atom. The Morgan fingerprint density at radius 3 is 2.86 bits per heavy atom. The maximum atomic E-state index is 14.5. The Hall–Kier alpha value is -3.92. The number of halogens is 1. The number of ketones is 1. The second kappa shape index (κ2) is 12.0. The number of nitrogens with one attached hydrogen (secondary N) is 1. The zero-order chi connectivity index (χ0) is 25.4. The molecule has 10 heteroatoms. The Kier molecular flexibility index (Phi) is 8.80. The van der Waals surface area contributed by atoms with Crippen LogP contribution in [0.15, 0.2) is 61.7 Å². The van der Waals surface area contributed by atoms with E-state index in [1.54, 1.807) is 24.0 Å². The Labute approximate surface area is 203 Å². The quantitative estimate of drug-likeness (QED) is 0.232. The van der Waals surface area contributed by atoms with Gasteiger partial charge in [0.25, 0.3) is 0 Å². The largest absolute Gasteiger partial charge is 0.396 e. The molecule has 2 N–H and O–H groups in total. The van der Waals surface area contributed by atoms with Gasteiger partial charge in [-0.2, -0.15) is 5.10 Å². The zero-order valence-electron chi connectivity index (χ0n) is 19.8. The fraction of sp³-hybridized carbons (Fsp3) is 0.320. The molecule has 35 heavy (non-hydrogen) atoms. The minimum absolute atomic E-state index is 0.0717. The number of aliphatic hydroxyl groups excluding tert-OH is 1. The molecule has 9 nitrogen and oxygen atoms in total. The zero-order valence-corrected chi connectivity index (χ0v) is 19.8. The van der Waals surface area contributed by atoms with Gasteiger partial charge in [-0.25, -0.2) is 14.4 Å². The van der Waals surface area contributed by atoms with E-state index in [0.29, 0.717) is 18.7 Å². The normalized spacial score (nSPS) is 12.6. The third-order valence-corrected chi connectivity index (χ3v) is 5.65. The van der Waals surface area contributed by atoms with Gasteiger partial charge in [-0.05, 0) is 35.8 Å². The molecule has 184 valence electrons. The van der Waals surface area contributed by atoms with Gasteiger partial charge in [0.1, 0.15) is 17.8 Å². The molecule has 0 fully saturated rings. The Bertz CT molecular complexity index is 1180. The second-order valence-corrected chi connectivity index (χ2v) is 8.09. The van der Waals surface area contributed by atoms with E-state index in [-0.39, 0.29) is 41.9 Å². The first kappa shape index (κ1) is 25.7. The monoisotopic (exact) mass is 480 g/mol. The molecule has 2 aromatic heterocycles. The van der Waals surface area contributed by atoms with Gasteiger partial charge in [0.05, 0.1) is 12.1 Å². The predicted molar refractivity (Wildman–Crippen MR) is 131 cm³/mol. The van der Waals surface area contributed by atoms with Crippen molar-refractivity contribution in [2.75, 3.05) is 23.9 Å². The van der Waals surface area contributed by atoms with E-state index < -0.39 is 12.1 Å². The second-order valence-electron chi connectivity index (χ2n) is 8.09. The van der Waals surface area contributed by atoms with Crippen LogP contribution in [0.1, 0.15) is 41.4 Å². The van der Waals surface area contributed by atoms with Crippen molar-refractivity contribution in [3.8, 4) is 0 Å². The van der Waals surface area contributed by atoms with Crippen molar-refractivity contribution >= 4 is 23.2 Å². The van der Waals surface area contributed by atoms with Crippen LogP contribution in [0.3, 0.4) is 0 Å². The molecule has 3 aromatic rings. The van der Waals surface area contributed by atoms with E-state index in [2.05, 4.69) is 27.0 Å². The summed E-state index contributed by atoms with van der Waals surface area (Å²) in [6.07, 6.45) is 4.71. The van der Waals surface area contributed by atoms with Crippen molar-refractivity contribution < 1.29 is 19.1 Å². The van der Waals surface area contributed by atoms with Crippen molar-refractivity contribution in [1.29, 1.82) is 0 Å². The van der Waals surface area contributed by atoms with Crippen LogP contribution >= 0.6 is 0 Å². The first-order valence-electron chi connectivity index (χ1n) is 11.2. The Morgan fingerprint density at radius 2 is 2.14 bits per heavy atom. The number of likely N-dealkylation sites (N-methyl/N-ethyl adjacent to an activating group) is 1. The molecule has 3 rings (SSSR count). The van der Waals surface area contributed by atoms with Crippen LogP contribution in [0.4, 0.5) is 15.9 Å². The summed E-state index contributed by atoms with van der Waals surface area (Å²) in [5.41, 5.74) is 1.85. The summed E-state index contributed by atoms with van der Waals surface area (Å²) in [7, 11) is 1.66. The predicted octanol–water partition coefficient (Wildman–Crippen LogP) is 3.22. The summed E-state index contributed by atoms with van der Waals surface area (Å²) in [4.78, 5) is 34.4. The van der Waals surface area contributed by atoms with Gasteiger partial charge in [0.2, 0.25) is 11.7 Å². The third kappa shape index (κ3) is 6.57. The minimum Gasteiger partial charge on any atom is -0.396 e. The molecule has 0 bridgehead atoms. The van der Waals surface area contributed by atoms with Gasteiger partial charge in [-0.1, -0.05) is 32.1 Å². The van der Waals surface area contributed by atoms with E-state index >= 15 is 0 Å². The van der Waals surface area contributed by atoms with Crippen molar-refractivity contribution in [3.63, 3.8) is 0 Å². The molecule has 0 aliphatic rings. The first-order chi connectivity index (χ1) is 16.9. The average Bonchev–Trinajstić information content (AvgIpc) is 3.34. The maximum absolute atomic E-state index is 14.5. The lowest BCUT2D eigenvalue weighted by molar-refractivity contribution is -0.113. The van der Waals surface area contributed by atoms with Crippen LogP contribution in [-0.4, -0.2) is 56.5 Å². The summed E-state index contributed by atoms with van der Waals surface area (Å²) in [5.74, 6) is -0.788. The summed E-state index contributed by atoms with van der Waals surface area (Å²) in [6.45, 7) is 5.64. The number of benzene rings is 1. The number of hydrogen-bond acceptors (Lipinski definition) is 7. The SMILES string of the molecule is C=CC(=O)N(C)c1cccc(Cn2ccc(C(=O)c3cncnc3NC(F)CC(CC)CO)n2)c1. The van der Waals surface area contributed by atoms with Crippen molar-refractivity contribution in [3.05, 3.63) is 78.5 Å². The number of aromatic nitrogens is 4. The minimum atomic E-state index is -1.48. The molecule has 0 spiro atoms. The van der Waals surface area contributed by atoms with Gasteiger partial charge in [0, 0.05) is 38.2 Å². The molecule has 1 aromatic carbocycles. The molecule has 0 aliphatic carbocycles. The number of carbonyl (C=O) groups excluding carboxylic acids is 2. The molecule has 2 atom stereocenters. The van der Waals surface area contributed by atoms with Crippen molar-refractivity contribution in [1.82, 2.24) is 19.7 Å². The van der Waals surface area contributed by atoms with Gasteiger partial charge >= 0.3 is 0 Å². The van der Waals surface area contributed by atoms with Gasteiger partial charge in [-0.3, -0.25) is 14.3 Å². The maximum Gasteiger partial charge on any atom is 0.250 e. The lowest BCUT2D eigenvalue weighted by atomic mass is 10.0. The number of aliphatic hydroxyl groups is 1. The van der Waals surface area contributed by atoms with Crippen LogP contribution in [-0.2, 0) is 11.3 Å². The molecular formula is C25H29FN6O3. The molecule has 0 saturated heterocycles. The number of anilines is 2. The van der Waals surface area contributed by atoms with E-state index in [1.807, 2.05) is 31.2 Å². The molecule has 0 aliphatic heterocycles. The highest BCUT2D eigenvalue weighted by Crippen LogP contribution is 2.20. The molecule has 0 radical (unpaired) electrons. The summed E-state index contributed by atoms with van der Waals surface area (Å²) in [5, 5.41) is 16.3. The number of nitrogens with zero attached hydrogens (tertiary/aromatic N) is 5. The van der Waals surface area contributed by atoms with Gasteiger partial charge < -0.3 is 15.3 Å². The summed E-state index contributed by atoms with van der Waals surface area (Å²) < 4.78 is 16.1. The molecule has 1 amide bonds. The van der Waals surface area contributed by atoms with E-state index in [9.17, 15) is 19.1 Å². The number of hydrogen-bond donors (Lipinski definition) is 2. The highest BCUT2D eigenvalue weighted by molar-refractivity contribution is 6.10. The van der Waals surface area contributed by atoms with Gasteiger partial charge in [0.15, 0.2) is 6.30 Å². The number of amides is 1. The highest BCUT2D eigenvalue weighted by atomic mass is 19.1. The summed E-state index contributed by atoms with van der Waals surface area (Å²) >= 11 is 0. The van der Waals surface area contributed by atoms with Crippen LogP contribution < -0.4 is 10.2 Å². The third-order valence-electron chi connectivity index (χ3n) is 5.65. The van der Waals surface area contributed by atoms with Crippen LogP contribution in [0.5, 0.6) is 0 Å². The number of rotatable bonds is 12. The summed E-state index contributed by atoms with van der Waals surface area (Å²) in [6, 6.07) is 8.97. The fourth-order valence-corrected chi connectivity index (χ4v) is 3.50. The first-order valence-corrected chi connectivity index (χ1v) is 11.2. The van der Waals surface area contributed by atoms with E-state index in [4.69, 9.17) is 0 Å². The van der Waals surface area contributed by atoms with Gasteiger partial charge in [-0.15, -0.1) is 0 Å². The topological polar surface area (TPSA) is 113 Å². The number of alkyl halides is 1. The molecule has 2 unspecified atom stereocenters. The van der Waals surface area contributed by atoms with Crippen LogP contribution in [0.25, 0.3) is 0 Å².